The Morgan fingerprint density at radius 2 is 0.875 bits per heavy atom. The molecule has 1 heterocycles. The van der Waals surface area contributed by atoms with Crippen LogP contribution in [0.25, 0.3) is 55.8 Å². The molecule has 10 rings (SSSR count). The van der Waals surface area contributed by atoms with Crippen LogP contribution in [0, 0.1) is 11.3 Å². The second kappa shape index (κ2) is 13.9. The molecule has 9 aromatic rings. The van der Waals surface area contributed by atoms with E-state index in [1.165, 1.54) is 5.39 Å². The summed E-state index contributed by atoms with van der Waals surface area (Å²) in [5.74, 6) is 0.594. The summed E-state index contributed by atoms with van der Waals surface area (Å²) in [7, 11) is 0. The number of hydrogen-bond acceptors (Lipinski definition) is 5. The molecule has 0 saturated carbocycles. The molecule has 0 fully saturated rings. The van der Waals surface area contributed by atoms with Gasteiger partial charge in [0.05, 0.1) is 23.0 Å². The predicted octanol–water partition coefficient (Wildman–Crippen LogP) is 13.4. The SMILES string of the molecule is N#Cc1cccc(-c2nc(-c3cc(N(c4ccccc4)c4ccccc4)cc(N(c4ccccc4)c4ccccc4)c3)nc3c2-c2cccc4cccc-3c24)c1. The van der Waals surface area contributed by atoms with Crippen LogP contribution >= 0.6 is 0 Å². The van der Waals surface area contributed by atoms with Crippen LogP contribution in [0.4, 0.5) is 34.1 Å². The van der Waals surface area contributed by atoms with Gasteiger partial charge in [0.15, 0.2) is 5.82 Å². The van der Waals surface area contributed by atoms with Crippen molar-refractivity contribution in [2.75, 3.05) is 9.80 Å². The topological polar surface area (TPSA) is 56.1 Å². The van der Waals surface area contributed by atoms with Gasteiger partial charge in [-0.1, -0.05) is 121 Å². The zero-order chi connectivity index (χ0) is 37.4. The van der Waals surface area contributed by atoms with Crippen molar-refractivity contribution >= 4 is 44.9 Å². The van der Waals surface area contributed by atoms with Gasteiger partial charge < -0.3 is 9.80 Å². The zero-order valence-electron chi connectivity index (χ0n) is 30.3. The Morgan fingerprint density at radius 1 is 0.393 bits per heavy atom. The Hall–Kier alpha value is -7.81. The molecule has 0 saturated heterocycles. The number of fused-ring (bicyclic) bond motifs is 3. The molecule has 8 aromatic carbocycles. The summed E-state index contributed by atoms with van der Waals surface area (Å²) in [6.07, 6.45) is 0. The van der Waals surface area contributed by atoms with Gasteiger partial charge in [0.2, 0.25) is 0 Å². The molecule has 0 unspecified atom stereocenters. The second-order valence-electron chi connectivity index (χ2n) is 13.8. The van der Waals surface area contributed by atoms with Gasteiger partial charge in [-0.15, -0.1) is 0 Å². The zero-order valence-corrected chi connectivity index (χ0v) is 30.3. The van der Waals surface area contributed by atoms with Crippen LogP contribution in [-0.4, -0.2) is 9.97 Å². The summed E-state index contributed by atoms with van der Waals surface area (Å²) in [5, 5.41) is 12.3. The normalized spacial score (nSPS) is 11.2. The molecule has 56 heavy (non-hydrogen) atoms. The monoisotopic (exact) mass is 715 g/mol. The lowest BCUT2D eigenvalue weighted by Gasteiger charge is -2.30. The van der Waals surface area contributed by atoms with Gasteiger partial charge in [0.25, 0.3) is 0 Å². The van der Waals surface area contributed by atoms with Gasteiger partial charge in [0.1, 0.15) is 0 Å². The van der Waals surface area contributed by atoms with Crippen LogP contribution in [0.1, 0.15) is 5.56 Å². The molecule has 5 heteroatoms. The molecule has 0 N–H and O–H groups in total. The maximum atomic E-state index is 9.95. The number of aromatic nitrogens is 2. The lowest BCUT2D eigenvalue weighted by Crippen LogP contribution is -2.13. The quantitative estimate of drug-likeness (QED) is 0.157. The van der Waals surface area contributed by atoms with Crippen LogP contribution in [0.15, 0.2) is 200 Å². The number of para-hydroxylation sites is 4. The summed E-state index contributed by atoms with van der Waals surface area (Å²) in [6.45, 7) is 0. The fourth-order valence-corrected chi connectivity index (χ4v) is 7.92. The minimum absolute atomic E-state index is 0.581. The number of anilines is 6. The van der Waals surface area contributed by atoms with E-state index >= 15 is 0 Å². The minimum Gasteiger partial charge on any atom is -0.310 e. The van der Waals surface area contributed by atoms with Crippen molar-refractivity contribution in [2.45, 2.75) is 0 Å². The Bertz CT molecular complexity index is 2740. The van der Waals surface area contributed by atoms with Crippen molar-refractivity contribution < 1.29 is 0 Å². The van der Waals surface area contributed by atoms with E-state index in [1.54, 1.807) is 0 Å². The molecule has 0 spiro atoms. The van der Waals surface area contributed by atoms with E-state index in [-0.39, 0.29) is 0 Å². The summed E-state index contributed by atoms with van der Waals surface area (Å²) < 4.78 is 0. The minimum atomic E-state index is 0.581. The molecule has 0 amide bonds. The van der Waals surface area contributed by atoms with Crippen molar-refractivity contribution in [3.8, 4) is 51.1 Å². The molecule has 1 aliphatic rings. The highest BCUT2D eigenvalue weighted by Crippen LogP contribution is 2.51. The van der Waals surface area contributed by atoms with Crippen LogP contribution in [0.3, 0.4) is 0 Å². The van der Waals surface area contributed by atoms with Gasteiger partial charge in [-0.2, -0.15) is 5.26 Å². The highest BCUT2D eigenvalue weighted by atomic mass is 15.2. The molecule has 1 aromatic heterocycles. The summed E-state index contributed by atoms with van der Waals surface area (Å²) in [5.41, 5.74) is 13.2. The van der Waals surface area contributed by atoms with Crippen LogP contribution in [-0.2, 0) is 0 Å². The maximum Gasteiger partial charge on any atom is 0.160 e. The third-order valence-electron chi connectivity index (χ3n) is 10.3. The van der Waals surface area contributed by atoms with Gasteiger partial charge in [-0.25, -0.2) is 9.97 Å². The summed E-state index contributed by atoms with van der Waals surface area (Å²) in [4.78, 5) is 15.5. The van der Waals surface area contributed by atoms with Crippen molar-refractivity contribution in [3.05, 3.63) is 206 Å². The van der Waals surface area contributed by atoms with E-state index in [1.807, 2.05) is 48.5 Å². The first-order valence-electron chi connectivity index (χ1n) is 18.6. The summed E-state index contributed by atoms with van der Waals surface area (Å²) >= 11 is 0. The van der Waals surface area contributed by atoms with Crippen molar-refractivity contribution in [2.24, 2.45) is 0 Å². The predicted molar refractivity (Wildman–Crippen MR) is 229 cm³/mol. The summed E-state index contributed by atoms with van der Waals surface area (Å²) in [6, 6.07) is 71.3. The highest BCUT2D eigenvalue weighted by Gasteiger charge is 2.29. The molecule has 5 nitrogen and oxygen atoms in total. The van der Waals surface area contributed by atoms with E-state index in [9.17, 15) is 5.26 Å². The van der Waals surface area contributed by atoms with Crippen LogP contribution < -0.4 is 9.80 Å². The van der Waals surface area contributed by atoms with E-state index in [2.05, 4.69) is 168 Å². The van der Waals surface area contributed by atoms with Crippen LogP contribution in [0.2, 0.25) is 0 Å². The Morgan fingerprint density at radius 3 is 1.39 bits per heavy atom. The first-order valence-corrected chi connectivity index (χ1v) is 18.6. The molecular formula is C51H33N5. The average Bonchev–Trinajstić information content (AvgIpc) is 3.60. The van der Waals surface area contributed by atoms with E-state index < -0.39 is 0 Å². The molecule has 1 aliphatic carbocycles. The van der Waals surface area contributed by atoms with Gasteiger partial charge in [-0.3, -0.25) is 0 Å². The number of nitriles is 1. The lowest BCUT2D eigenvalue weighted by atomic mass is 9.98. The maximum absolute atomic E-state index is 9.95. The number of benzene rings is 8. The van der Waals surface area contributed by atoms with Gasteiger partial charge in [0, 0.05) is 56.4 Å². The third kappa shape index (κ3) is 5.74. The number of hydrogen-bond donors (Lipinski definition) is 0. The van der Waals surface area contributed by atoms with Gasteiger partial charge >= 0.3 is 0 Å². The van der Waals surface area contributed by atoms with Gasteiger partial charge in [-0.05, 0) is 95.2 Å². The Labute approximate surface area is 325 Å². The highest BCUT2D eigenvalue weighted by molar-refractivity contribution is 6.17. The molecule has 0 radical (unpaired) electrons. The molecule has 262 valence electrons. The van der Waals surface area contributed by atoms with Crippen molar-refractivity contribution in [1.82, 2.24) is 9.97 Å². The van der Waals surface area contributed by atoms with Crippen molar-refractivity contribution in [3.63, 3.8) is 0 Å². The Balaban J connectivity index is 1.28. The first-order chi connectivity index (χ1) is 27.7. The molecular weight excluding hydrogens is 683 g/mol. The first kappa shape index (κ1) is 32.8. The standard InChI is InChI=1S/C51H33N5/c52-34-35-16-13-19-37(30-35)49-48-45-28-14-17-36-18-15-29-46(47(36)45)50(48)54-51(53-49)38-31-43(55(39-20-5-1-6-21-39)40-22-7-2-8-23-40)33-44(32-38)56(41-24-9-3-10-25-41)42-26-11-4-12-27-42/h1-33H. The Kier molecular flexibility index (Phi) is 8.13. The van der Waals surface area contributed by atoms with Crippen LogP contribution in [0.5, 0.6) is 0 Å². The van der Waals surface area contributed by atoms with E-state index in [4.69, 9.17) is 9.97 Å². The average molecular weight is 716 g/mol. The molecule has 0 atom stereocenters. The fourth-order valence-electron chi connectivity index (χ4n) is 7.92. The van der Waals surface area contributed by atoms with Crippen molar-refractivity contribution in [1.29, 1.82) is 5.26 Å². The van der Waals surface area contributed by atoms with E-state index in [0.29, 0.717) is 11.4 Å². The largest absolute Gasteiger partial charge is 0.310 e. The molecule has 0 bridgehead atoms. The smallest absolute Gasteiger partial charge is 0.160 e. The lowest BCUT2D eigenvalue weighted by molar-refractivity contribution is 1.18. The third-order valence-corrected chi connectivity index (χ3v) is 10.3. The fraction of sp³-hybridized carbons (Fsp3) is 0. The second-order valence-corrected chi connectivity index (χ2v) is 13.8. The molecule has 0 aliphatic heterocycles. The number of nitrogens with zero attached hydrogens (tertiary/aromatic N) is 5. The number of rotatable bonds is 8. The van der Waals surface area contributed by atoms with E-state index in [0.717, 1.165) is 78.7 Å².